The van der Waals surface area contributed by atoms with Crippen molar-refractivity contribution in [3.8, 4) is 16.8 Å². The number of allylic oxidation sites excluding steroid dienone is 8. The summed E-state index contributed by atoms with van der Waals surface area (Å²) in [6.45, 7) is 0. The molecule has 0 bridgehead atoms. The summed E-state index contributed by atoms with van der Waals surface area (Å²) in [5.74, 6) is 0.250. The Morgan fingerprint density at radius 1 is 0.456 bits per heavy atom. The standard InChI is InChI=1S/C65H49N3/c1-5-17-44(18-6-1)48-31-34-63-57(39-48)56-29-13-14-30-62(56)67(63)54-27-15-25-51(37-54)60-42-53(47-23-11-4-12-24-47)43-61(66-60)52-26-16-28-55(38-52)68-64-35-32-49(45-19-7-2-8-20-45)40-58(64)59-41-50(33-36-65(59)68)46-21-9-3-10-22-46/h1-2,4-9,11-43,57,61,63,66H,3,10H2. The maximum absolute atomic E-state index is 4.04. The van der Waals surface area contributed by atoms with Gasteiger partial charge in [0, 0.05) is 39.4 Å². The van der Waals surface area contributed by atoms with Gasteiger partial charge in [0.1, 0.15) is 0 Å². The lowest BCUT2D eigenvalue weighted by atomic mass is 9.86. The minimum Gasteiger partial charge on any atom is -0.374 e. The largest absolute Gasteiger partial charge is 0.374 e. The summed E-state index contributed by atoms with van der Waals surface area (Å²) in [6.07, 6.45) is 21.0. The Morgan fingerprint density at radius 3 is 1.88 bits per heavy atom. The van der Waals surface area contributed by atoms with E-state index in [1.165, 1.54) is 88.8 Å². The van der Waals surface area contributed by atoms with Gasteiger partial charge in [-0.2, -0.15) is 0 Å². The van der Waals surface area contributed by atoms with E-state index in [4.69, 9.17) is 0 Å². The first-order chi connectivity index (χ1) is 33.7. The molecule has 68 heavy (non-hydrogen) atoms. The number of aromatic nitrogens is 1. The second-order valence-corrected chi connectivity index (χ2v) is 18.4. The number of anilines is 2. The lowest BCUT2D eigenvalue weighted by Crippen LogP contribution is -2.29. The molecule has 3 heterocycles. The molecular formula is C65H49N3. The highest BCUT2D eigenvalue weighted by molar-refractivity contribution is 6.11. The smallest absolute Gasteiger partial charge is 0.0707 e. The maximum atomic E-state index is 4.04. The molecule has 0 saturated heterocycles. The Labute approximate surface area is 398 Å². The fraction of sp³-hybridized carbons (Fsp3) is 0.0769. The first-order valence-electron chi connectivity index (χ1n) is 24.0. The number of rotatable bonds is 8. The van der Waals surface area contributed by atoms with Crippen molar-refractivity contribution in [2.24, 2.45) is 0 Å². The molecule has 3 atom stereocenters. The van der Waals surface area contributed by atoms with Crippen LogP contribution < -0.4 is 10.2 Å². The number of benzene rings is 8. The molecule has 0 fully saturated rings. The van der Waals surface area contributed by atoms with E-state index in [1.54, 1.807) is 0 Å². The topological polar surface area (TPSA) is 20.2 Å². The van der Waals surface area contributed by atoms with Crippen LogP contribution in [0.5, 0.6) is 0 Å². The van der Waals surface area contributed by atoms with Crippen LogP contribution >= 0.6 is 0 Å². The number of hydrogen-bond acceptors (Lipinski definition) is 2. The van der Waals surface area contributed by atoms with Gasteiger partial charge >= 0.3 is 0 Å². The van der Waals surface area contributed by atoms with Gasteiger partial charge in [-0.15, -0.1) is 0 Å². The van der Waals surface area contributed by atoms with Gasteiger partial charge in [0.05, 0.1) is 23.1 Å². The molecule has 0 spiro atoms. The summed E-state index contributed by atoms with van der Waals surface area (Å²) in [5.41, 5.74) is 20.7. The van der Waals surface area contributed by atoms with Crippen molar-refractivity contribution in [3.63, 3.8) is 0 Å². The predicted octanol–water partition coefficient (Wildman–Crippen LogP) is 16.2. The second-order valence-electron chi connectivity index (χ2n) is 18.4. The van der Waals surface area contributed by atoms with Gasteiger partial charge in [-0.1, -0.05) is 182 Å². The molecule has 2 aliphatic carbocycles. The molecule has 3 unspecified atom stereocenters. The minimum atomic E-state index is -0.0806. The number of para-hydroxylation sites is 1. The summed E-state index contributed by atoms with van der Waals surface area (Å²) < 4.78 is 2.46. The maximum Gasteiger partial charge on any atom is 0.0707 e. The Morgan fingerprint density at radius 2 is 1.12 bits per heavy atom. The van der Waals surface area contributed by atoms with Crippen LogP contribution in [-0.2, 0) is 0 Å². The molecule has 324 valence electrons. The van der Waals surface area contributed by atoms with E-state index < -0.39 is 0 Å². The highest BCUT2D eigenvalue weighted by atomic mass is 15.2. The monoisotopic (exact) mass is 871 g/mol. The number of nitrogens with zero attached hydrogens (tertiary/aromatic N) is 2. The Kier molecular flexibility index (Phi) is 9.86. The second kappa shape index (κ2) is 16.8. The predicted molar refractivity (Wildman–Crippen MR) is 286 cm³/mol. The van der Waals surface area contributed by atoms with Crippen LogP contribution in [0.15, 0.2) is 249 Å². The number of nitrogens with one attached hydrogen (secondary N) is 1. The van der Waals surface area contributed by atoms with Crippen LogP contribution in [0.1, 0.15) is 58.2 Å². The summed E-state index contributed by atoms with van der Waals surface area (Å²) in [6, 6.07) is 73.6. The quantitative estimate of drug-likeness (QED) is 0.164. The molecular weight excluding hydrogens is 823 g/mol. The highest BCUT2D eigenvalue weighted by Gasteiger charge is 2.38. The van der Waals surface area contributed by atoms with E-state index in [2.05, 4.69) is 264 Å². The zero-order valence-corrected chi connectivity index (χ0v) is 37.7. The molecule has 0 amide bonds. The van der Waals surface area contributed by atoms with Crippen molar-refractivity contribution >= 4 is 55.6 Å². The SMILES string of the molecule is C1=CC(c2ccc3c(c2)c2cc(-c4ccccc4)ccc2n3-c2cccc(C3C=C(c4ccccc4)C=C(c4cccc(N5c6ccccc6C6C=C(c7ccccc7)C=CC65)c4)N3)c2)=CCC1. The van der Waals surface area contributed by atoms with Crippen molar-refractivity contribution in [1.82, 2.24) is 9.88 Å². The fourth-order valence-electron chi connectivity index (χ4n) is 11.1. The first kappa shape index (κ1) is 39.9. The summed E-state index contributed by atoms with van der Waals surface area (Å²) >= 11 is 0. The summed E-state index contributed by atoms with van der Waals surface area (Å²) in [7, 11) is 0. The van der Waals surface area contributed by atoms with Crippen molar-refractivity contribution in [2.45, 2.75) is 30.8 Å². The Bertz CT molecular complexity index is 3600. The average molecular weight is 872 g/mol. The Hall–Kier alpha value is -8.40. The van der Waals surface area contributed by atoms with Crippen molar-refractivity contribution in [2.75, 3.05) is 4.90 Å². The van der Waals surface area contributed by atoms with E-state index in [9.17, 15) is 0 Å². The first-order valence-corrected chi connectivity index (χ1v) is 24.0. The van der Waals surface area contributed by atoms with Gasteiger partial charge in [-0.25, -0.2) is 0 Å². The lowest BCUT2D eigenvalue weighted by Gasteiger charge is -2.31. The number of hydrogen-bond donors (Lipinski definition) is 1. The van der Waals surface area contributed by atoms with Crippen LogP contribution in [0.3, 0.4) is 0 Å². The van der Waals surface area contributed by atoms with Crippen molar-refractivity contribution < 1.29 is 0 Å². The van der Waals surface area contributed by atoms with E-state index in [1.807, 2.05) is 0 Å². The van der Waals surface area contributed by atoms with Gasteiger partial charge in [0.2, 0.25) is 0 Å². The van der Waals surface area contributed by atoms with Crippen LogP contribution in [0.4, 0.5) is 11.4 Å². The molecule has 3 heteroatoms. The summed E-state index contributed by atoms with van der Waals surface area (Å²) in [4.78, 5) is 2.54. The van der Waals surface area contributed by atoms with Crippen molar-refractivity contribution in [1.29, 1.82) is 0 Å². The molecule has 0 saturated carbocycles. The van der Waals surface area contributed by atoms with E-state index >= 15 is 0 Å². The minimum absolute atomic E-state index is 0.0806. The van der Waals surface area contributed by atoms with Gasteiger partial charge in [-0.05, 0) is 141 Å². The number of fused-ring (bicyclic) bond motifs is 6. The third-order valence-corrected chi connectivity index (χ3v) is 14.3. The molecule has 1 aromatic heterocycles. The average Bonchev–Trinajstić information content (AvgIpc) is 3.93. The van der Waals surface area contributed by atoms with Gasteiger partial charge < -0.3 is 14.8 Å². The molecule has 4 aliphatic rings. The van der Waals surface area contributed by atoms with Gasteiger partial charge in [-0.3, -0.25) is 0 Å². The van der Waals surface area contributed by atoms with E-state index in [0.717, 1.165) is 29.8 Å². The third kappa shape index (κ3) is 7.07. The molecule has 8 aromatic carbocycles. The van der Waals surface area contributed by atoms with E-state index in [-0.39, 0.29) is 18.0 Å². The van der Waals surface area contributed by atoms with Crippen LogP contribution in [-0.4, -0.2) is 10.6 Å². The van der Waals surface area contributed by atoms with Crippen LogP contribution in [0.25, 0.3) is 61.0 Å². The Balaban J connectivity index is 0.886. The molecule has 13 rings (SSSR count). The number of dihydropyridines is 1. The zero-order valence-electron chi connectivity index (χ0n) is 37.7. The van der Waals surface area contributed by atoms with Gasteiger partial charge in [0.25, 0.3) is 0 Å². The zero-order chi connectivity index (χ0) is 45.0. The lowest BCUT2D eigenvalue weighted by molar-refractivity contribution is 0.746. The fourth-order valence-corrected chi connectivity index (χ4v) is 11.1. The molecule has 2 aliphatic heterocycles. The van der Waals surface area contributed by atoms with E-state index in [0.29, 0.717) is 0 Å². The molecule has 3 nitrogen and oxygen atoms in total. The highest BCUT2D eigenvalue weighted by Crippen LogP contribution is 2.49. The molecule has 9 aromatic rings. The van der Waals surface area contributed by atoms with Gasteiger partial charge in [0.15, 0.2) is 0 Å². The summed E-state index contributed by atoms with van der Waals surface area (Å²) in [5, 5.41) is 6.55. The van der Waals surface area contributed by atoms with Crippen LogP contribution in [0.2, 0.25) is 0 Å². The molecule has 1 N–H and O–H groups in total. The van der Waals surface area contributed by atoms with Crippen LogP contribution in [0, 0.1) is 0 Å². The normalized spacial score (nSPS) is 18.4. The third-order valence-electron chi connectivity index (χ3n) is 14.3. The van der Waals surface area contributed by atoms with Crippen molar-refractivity contribution in [3.05, 3.63) is 282 Å². The molecule has 0 radical (unpaired) electrons.